The lowest BCUT2D eigenvalue weighted by molar-refractivity contribution is -0.128. The molecule has 0 amide bonds. The minimum absolute atomic E-state index is 0.386. The Morgan fingerprint density at radius 2 is 2.00 bits per heavy atom. The molecule has 0 aliphatic heterocycles. The van der Waals surface area contributed by atoms with Gasteiger partial charge in [-0.25, -0.2) is 4.79 Å². The summed E-state index contributed by atoms with van der Waals surface area (Å²) in [7, 11) is 0. The third-order valence-corrected chi connectivity index (χ3v) is 2.46. The lowest BCUT2D eigenvalue weighted by Crippen LogP contribution is -2.04. The van der Waals surface area contributed by atoms with E-state index in [4.69, 9.17) is 16.2 Å². The van der Waals surface area contributed by atoms with E-state index in [-0.39, 0.29) is 0 Å². The zero-order chi connectivity index (χ0) is 12.4. The molecule has 0 heterocycles. The third-order valence-electron chi connectivity index (χ3n) is 2.46. The van der Waals surface area contributed by atoms with Gasteiger partial charge >= 0.3 is 5.97 Å². The Bertz CT molecular complexity index is 606. The number of esters is 1. The van der Waals surface area contributed by atoms with Crippen LogP contribution in [0.15, 0.2) is 43.0 Å². The number of carbonyl (C=O) groups excluding carboxylic acids is 1. The van der Waals surface area contributed by atoms with Gasteiger partial charge in [0.05, 0.1) is 11.4 Å². The van der Waals surface area contributed by atoms with Crippen molar-refractivity contribution in [1.29, 1.82) is 0 Å². The maximum Gasteiger partial charge on any atom is 0.335 e. The molecule has 86 valence electrons. The summed E-state index contributed by atoms with van der Waals surface area (Å²) in [5.74, 6) is -0.142. The number of nitrogens with two attached hydrogens (primary N) is 2. The zero-order valence-electron chi connectivity index (χ0n) is 9.14. The van der Waals surface area contributed by atoms with Crippen LogP contribution in [-0.4, -0.2) is 5.97 Å². The van der Waals surface area contributed by atoms with Crippen LogP contribution in [0.5, 0.6) is 5.75 Å². The van der Waals surface area contributed by atoms with E-state index in [2.05, 4.69) is 6.58 Å². The summed E-state index contributed by atoms with van der Waals surface area (Å²) >= 11 is 0. The number of hydrogen-bond donors (Lipinski definition) is 2. The van der Waals surface area contributed by atoms with E-state index in [0.29, 0.717) is 22.5 Å². The van der Waals surface area contributed by atoms with Crippen LogP contribution in [0.25, 0.3) is 10.8 Å². The van der Waals surface area contributed by atoms with E-state index in [1.807, 2.05) is 12.1 Å². The minimum atomic E-state index is -0.528. The number of fused-ring (bicyclic) bond motifs is 1. The van der Waals surface area contributed by atoms with Crippen molar-refractivity contribution in [2.45, 2.75) is 0 Å². The number of anilines is 2. The smallest absolute Gasteiger partial charge is 0.335 e. The van der Waals surface area contributed by atoms with Crippen LogP contribution < -0.4 is 16.2 Å². The van der Waals surface area contributed by atoms with Gasteiger partial charge in [0.25, 0.3) is 0 Å². The van der Waals surface area contributed by atoms with E-state index in [0.717, 1.165) is 11.5 Å². The molecule has 2 rings (SSSR count). The summed E-state index contributed by atoms with van der Waals surface area (Å²) in [5, 5.41) is 1.51. The van der Waals surface area contributed by atoms with Gasteiger partial charge in [0.1, 0.15) is 5.75 Å². The van der Waals surface area contributed by atoms with E-state index < -0.39 is 5.97 Å². The van der Waals surface area contributed by atoms with Gasteiger partial charge in [-0.2, -0.15) is 0 Å². The van der Waals surface area contributed by atoms with E-state index in [9.17, 15) is 4.79 Å². The fourth-order valence-electron chi connectivity index (χ4n) is 1.62. The number of ether oxygens (including phenoxy) is 1. The van der Waals surface area contributed by atoms with Gasteiger partial charge in [-0.05, 0) is 17.5 Å². The topological polar surface area (TPSA) is 78.3 Å². The van der Waals surface area contributed by atoms with Gasteiger partial charge in [0, 0.05) is 11.5 Å². The normalized spacial score (nSPS) is 10.1. The summed E-state index contributed by atoms with van der Waals surface area (Å²) in [6, 6.07) is 8.86. The summed E-state index contributed by atoms with van der Waals surface area (Å²) in [5.41, 5.74) is 12.5. The first kappa shape index (κ1) is 11.0. The summed E-state index contributed by atoms with van der Waals surface area (Å²) in [4.78, 5) is 11.2. The molecule has 4 nitrogen and oxygen atoms in total. The summed E-state index contributed by atoms with van der Waals surface area (Å²) < 4.78 is 5.12. The van der Waals surface area contributed by atoms with Gasteiger partial charge in [-0.3, -0.25) is 0 Å². The molecule has 0 bridgehead atoms. The quantitative estimate of drug-likeness (QED) is 0.357. The molecule has 0 saturated heterocycles. The molecular formula is C13H12N2O2. The van der Waals surface area contributed by atoms with Gasteiger partial charge in [0.15, 0.2) is 0 Å². The van der Waals surface area contributed by atoms with E-state index >= 15 is 0 Å². The summed E-state index contributed by atoms with van der Waals surface area (Å²) in [6.07, 6.45) is 1.10. The highest BCUT2D eigenvalue weighted by Gasteiger charge is 2.09. The van der Waals surface area contributed by atoms with Crippen molar-refractivity contribution in [1.82, 2.24) is 0 Å². The standard InChI is InChI=1S/C13H12N2O2/c1-2-11(16)17-10-5-3-4-8-6-7-9(14)13(15)12(8)10/h2-7H,1,14-15H2. The molecule has 17 heavy (non-hydrogen) atoms. The molecule has 0 atom stereocenters. The first-order chi connectivity index (χ1) is 8.13. The highest BCUT2D eigenvalue weighted by molar-refractivity contribution is 6.03. The first-order valence-corrected chi connectivity index (χ1v) is 5.04. The van der Waals surface area contributed by atoms with Gasteiger partial charge in [-0.15, -0.1) is 0 Å². The number of rotatable bonds is 2. The molecule has 2 aromatic carbocycles. The SMILES string of the molecule is C=CC(=O)Oc1cccc2ccc(N)c(N)c12. The molecule has 2 aromatic rings. The largest absolute Gasteiger partial charge is 0.423 e. The second kappa shape index (κ2) is 4.17. The Morgan fingerprint density at radius 3 is 2.71 bits per heavy atom. The van der Waals surface area contributed by atoms with Crippen molar-refractivity contribution in [3.63, 3.8) is 0 Å². The molecule has 0 aliphatic rings. The second-order valence-electron chi connectivity index (χ2n) is 3.55. The van der Waals surface area contributed by atoms with Crippen molar-refractivity contribution >= 4 is 28.1 Å². The van der Waals surface area contributed by atoms with Crippen LogP contribution in [0, 0.1) is 0 Å². The molecule has 0 spiro atoms. The highest BCUT2D eigenvalue weighted by atomic mass is 16.5. The molecule has 0 radical (unpaired) electrons. The van der Waals surface area contributed by atoms with Crippen molar-refractivity contribution in [2.75, 3.05) is 11.5 Å². The number of nitrogen functional groups attached to an aromatic ring is 2. The lowest BCUT2D eigenvalue weighted by atomic mass is 10.1. The fourth-order valence-corrected chi connectivity index (χ4v) is 1.62. The van der Waals surface area contributed by atoms with Crippen molar-refractivity contribution < 1.29 is 9.53 Å². The van der Waals surface area contributed by atoms with E-state index in [1.165, 1.54) is 0 Å². The third kappa shape index (κ3) is 1.92. The Morgan fingerprint density at radius 1 is 1.24 bits per heavy atom. The number of hydrogen-bond acceptors (Lipinski definition) is 4. The Hall–Kier alpha value is -2.49. The van der Waals surface area contributed by atoms with Crippen molar-refractivity contribution in [2.24, 2.45) is 0 Å². The van der Waals surface area contributed by atoms with Crippen LogP contribution in [0.3, 0.4) is 0 Å². The average Bonchev–Trinajstić information content (AvgIpc) is 2.34. The fraction of sp³-hybridized carbons (Fsp3) is 0. The number of benzene rings is 2. The predicted molar refractivity (Wildman–Crippen MR) is 68.6 cm³/mol. The van der Waals surface area contributed by atoms with Crippen LogP contribution in [0.1, 0.15) is 0 Å². The first-order valence-electron chi connectivity index (χ1n) is 5.04. The molecule has 0 aromatic heterocycles. The second-order valence-corrected chi connectivity index (χ2v) is 3.55. The highest BCUT2D eigenvalue weighted by Crippen LogP contribution is 2.34. The Balaban J connectivity index is 2.66. The molecule has 4 heteroatoms. The van der Waals surface area contributed by atoms with E-state index in [1.54, 1.807) is 18.2 Å². The van der Waals surface area contributed by atoms with Gasteiger partial charge in [-0.1, -0.05) is 24.8 Å². The molecular weight excluding hydrogens is 216 g/mol. The van der Waals surface area contributed by atoms with Gasteiger partial charge in [0.2, 0.25) is 0 Å². The average molecular weight is 228 g/mol. The molecule has 0 fully saturated rings. The maximum absolute atomic E-state index is 11.2. The zero-order valence-corrected chi connectivity index (χ0v) is 9.14. The predicted octanol–water partition coefficient (Wildman–Crippen LogP) is 2.10. The molecule has 0 aliphatic carbocycles. The van der Waals surface area contributed by atoms with Crippen LogP contribution in [0.4, 0.5) is 11.4 Å². The number of carbonyl (C=O) groups is 1. The van der Waals surface area contributed by atoms with Crippen molar-refractivity contribution in [3.05, 3.63) is 43.0 Å². The van der Waals surface area contributed by atoms with Gasteiger partial charge < -0.3 is 16.2 Å². The monoisotopic (exact) mass is 228 g/mol. The Labute approximate surface area is 98.5 Å². The van der Waals surface area contributed by atoms with Crippen molar-refractivity contribution in [3.8, 4) is 5.75 Å². The lowest BCUT2D eigenvalue weighted by Gasteiger charge is -2.10. The van der Waals surface area contributed by atoms with Crippen LogP contribution in [0.2, 0.25) is 0 Å². The molecule has 0 saturated carbocycles. The van der Waals surface area contributed by atoms with Crippen LogP contribution >= 0.6 is 0 Å². The summed E-state index contributed by atoms with van der Waals surface area (Å²) in [6.45, 7) is 3.35. The Kier molecular flexibility index (Phi) is 2.70. The maximum atomic E-state index is 11.2. The minimum Gasteiger partial charge on any atom is -0.423 e. The molecule has 0 unspecified atom stereocenters. The van der Waals surface area contributed by atoms with Crippen LogP contribution in [-0.2, 0) is 4.79 Å². The molecule has 4 N–H and O–H groups in total.